The first-order chi connectivity index (χ1) is 13.4. The number of hydrogen-bond donors (Lipinski definition) is 2. The molecule has 0 saturated carbocycles. The molecule has 0 aliphatic heterocycles. The van der Waals surface area contributed by atoms with Crippen LogP contribution < -0.4 is 14.8 Å². The first-order valence-electron chi connectivity index (χ1n) is 8.81. The van der Waals surface area contributed by atoms with Crippen molar-refractivity contribution in [3.63, 3.8) is 0 Å². The van der Waals surface area contributed by atoms with Crippen LogP contribution >= 0.6 is 0 Å². The van der Waals surface area contributed by atoms with Gasteiger partial charge in [0.15, 0.2) is 0 Å². The lowest BCUT2D eigenvalue weighted by Crippen LogP contribution is -2.14. The summed E-state index contributed by atoms with van der Waals surface area (Å²) in [6.45, 7) is 4.26. The van der Waals surface area contributed by atoms with Crippen molar-refractivity contribution in [3.8, 4) is 5.75 Å². The highest BCUT2D eigenvalue weighted by Gasteiger charge is 2.17. The van der Waals surface area contributed by atoms with Crippen LogP contribution in [-0.2, 0) is 16.6 Å². The van der Waals surface area contributed by atoms with Gasteiger partial charge in [-0.1, -0.05) is 35.9 Å². The molecule has 1 aromatic heterocycles. The van der Waals surface area contributed by atoms with E-state index in [2.05, 4.69) is 15.0 Å². The fourth-order valence-corrected chi connectivity index (χ4v) is 4.18. The van der Waals surface area contributed by atoms with Gasteiger partial charge in [0, 0.05) is 12.1 Å². The number of nitrogens with one attached hydrogen (secondary N) is 2. The third kappa shape index (κ3) is 4.61. The lowest BCUT2D eigenvalue weighted by Gasteiger charge is -2.12. The number of aromatic nitrogens is 1. The summed E-state index contributed by atoms with van der Waals surface area (Å²) in [6.07, 6.45) is 1.49. The van der Waals surface area contributed by atoms with Crippen LogP contribution in [0.25, 0.3) is 0 Å². The molecule has 28 heavy (non-hydrogen) atoms. The molecule has 146 valence electrons. The lowest BCUT2D eigenvalue weighted by atomic mass is 10.2. The normalized spacial score (nSPS) is 11.1. The van der Waals surface area contributed by atoms with Crippen LogP contribution in [0.2, 0.25) is 0 Å². The monoisotopic (exact) mass is 397 g/mol. The number of nitrogens with zero attached hydrogens (tertiary/aromatic N) is 1. The summed E-state index contributed by atoms with van der Waals surface area (Å²) >= 11 is 0. The Morgan fingerprint density at radius 2 is 1.82 bits per heavy atom. The molecule has 0 spiro atoms. The van der Waals surface area contributed by atoms with Gasteiger partial charge >= 0.3 is 0 Å². The zero-order chi connectivity index (χ0) is 20.1. The summed E-state index contributed by atoms with van der Waals surface area (Å²) in [7, 11) is -2.03. The predicted octanol–water partition coefficient (Wildman–Crippen LogP) is 4.12. The number of benzene rings is 2. The van der Waals surface area contributed by atoms with E-state index in [0.29, 0.717) is 23.6 Å². The second-order valence-electron chi connectivity index (χ2n) is 6.47. The van der Waals surface area contributed by atoms with Gasteiger partial charge < -0.3 is 10.1 Å². The van der Waals surface area contributed by atoms with Crippen LogP contribution in [0.15, 0.2) is 65.7 Å². The number of rotatable bonds is 7. The first-order valence-corrected chi connectivity index (χ1v) is 10.3. The molecule has 0 radical (unpaired) electrons. The third-order valence-corrected chi connectivity index (χ3v) is 5.83. The molecule has 6 nitrogen and oxygen atoms in total. The van der Waals surface area contributed by atoms with Gasteiger partial charge in [-0.05, 0) is 43.7 Å². The fraction of sp³-hybridized carbons (Fsp3) is 0.190. The summed E-state index contributed by atoms with van der Waals surface area (Å²) in [5.41, 5.74) is 3.13. The molecule has 2 aromatic carbocycles. The Hall–Kier alpha value is -3.06. The van der Waals surface area contributed by atoms with E-state index in [1.54, 1.807) is 38.3 Å². The Balaban J connectivity index is 1.69. The third-order valence-electron chi connectivity index (χ3n) is 4.29. The SMILES string of the molecule is COc1ccccc1CNc1ccc(NS(=O)(=O)c2ccc(C)cc2C)cn1. The van der Waals surface area contributed by atoms with E-state index >= 15 is 0 Å². The Labute approximate surface area is 165 Å². The first kappa shape index (κ1) is 19.7. The van der Waals surface area contributed by atoms with Crippen molar-refractivity contribution in [2.75, 3.05) is 17.1 Å². The molecule has 0 saturated heterocycles. The minimum atomic E-state index is -3.66. The Bertz CT molecular complexity index is 1060. The Morgan fingerprint density at radius 3 is 2.50 bits per heavy atom. The van der Waals surface area contributed by atoms with Crippen LogP contribution in [0.3, 0.4) is 0 Å². The van der Waals surface area contributed by atoms with E-state index in [9.17, 15) is 8.42 Å². The molecule has 0 amide bonds. The number of sulfonamides is 1. The number of ether oxygens (including phenoxy) is 1. The molecule has 3 rings (SSSR count). The topological polar surface area (TPSA) is 80.3 Å². The van der Waals surface area contributed by atoms with Crippen LogP contribution in [0, 0.1) is 13.8 Å². The number of aryl methyl sites for hydroxylation is 2. The number of methoxy groups -OCH3 is 1. The van der Waals surface area contributed by atoms with E-state index in [0.717, 1.165) is 16.9 Å². The van der Waals surface area contributed by atoms with Crippen molar-refractivity contribution in [2.24, 2.45) is 0 Å². The minimum Gasteiger partial charge on any atom is -0.496 e. The molecular formula is C21H23N3O3S. The maximum atomic E-state index is 12.6. The van der Waals surface area contributed by atoms with Gasteiger partial charge in [0.05, 0.1) is 23.9 Å². The van der Waals surface area contributed by atoms with Crippen LogP contribution in [0.4, 0.5) is 11.5 Å². The molecule has 0 atom stereocenters. The van der Waals surface area contributed by atoms with Crippen molar-refractivity contribution < 1.29 is 13.2 Å². The predicted molar refractivity (Wildman–Crippen MR) is 111 cm³/mol. The standard InChI is InChI=1S/C21H23N3O3S/c1-15-8-10-20(16(2)12-15)28(25,26)24-18-9-11-21(23-14-18)22-13-17-6-4-5-7-19(17)27-3/h4-12,14,24H,13H2,1-3H3,(H,22,23). The van der Waals surface area contributed by atoms with Gasteiger partial charge in [0.2, 0.25) is 0 Å². The largest absolute Gasteiger partial charge is 0.496 e. The quantitative estimate of drug-likeness (QED) is 0.627. The number of para-hydroxylation sites is 1. The maximum absolute atomic E-state index is 12.6. The van der Waals surface area contributed by atoms with Crippen LogP contribution in [-0.4, -0.2) is 20.5 Å². The molecule has 0 aliphatic rings. The number of hydrogen-bond acceptors (Lipinski definition) is 5. The van der Waals surface area contributed by atoms with E-state index in [4.69, 9.17) is 4.74 Å². The molecule has 1 heterocycles. The molecule has 0 fully saturated rings. The highest BCUT2D eigenvalue weighted by molar-refractivity contribution is 7.92. The molecule has 2 N–H and O–H groups in total. The minimum absolute atomic E-state index is 0.261. The fourth-order valence-electron chi connectivity index (χ4n) is 2.90. The second-order valence-corrected chi connectivity index (χ2v) is 8.12. The van der Waals surface area contributed by atoms with Crippen LogP contribution in [0.5, 0.6) is 5.75 Å². The summed E-state index contributed by atoms with van der Waals surface area (Å²) < 4.78 is 33.2. The van der Waals surface area contributed by atoms with Gasteiger partial charge in [-0.15, -0.1) is 0 Å². The Kier molecular flexibility index (Phi) is 5.84. The average Bonchev–Trinajstić information content (AvgIpc) is 2.67. The molecule has 0 bridgehead atoms. The zero-order valence-corrected chi connectivity index (χ0v) is 16.9. The van der Waals surface area contributed by atoms with Crippen molar-refractivity contribution in [1.29, 1.82) is 0 Å². The second kappa shape index (κ2) is 8.31. The summed E-state index contributed by atoms with van der Waals surface area (Å²) in [6, 6.07) is 16.4. The molecular weight excluding hydrogens is 374 g/mol. The highest BCUT2D eigenvalue weighted by atomic mass is 32.2. The smallest absolute Gasteiger partial charge is 0.262 e. The zero-order valence-electron chi connectivity index (χ0n) is 16.1. The van der Waals surface area contributed by atoms with Crippen molar-refractivity contribution in [2.45, 2.75) is 25.3 Å². The lowest BCUT2D eigenvalue weighted by molar-refractivity contribution is 0.410. The van der Waals surface area contributed by atoms with E-state index in [1.165, 1.54) is 6.20 Å². The summed E-state index contributed by atoms with van der Waals surface area (Å²) in [5.74, 6) is 1.44. The summed E-state index contributed by atoms with van der Waals surface area (Å²) in [5, 5.41) is 3.20. The van der Waals surface area contributed by atoms with Gasteiger partial charge in [-0.25, -0.2) is 13.4 Å². The van der Waals surface area contributed by atoms with Gasteiger partial charge in [-0.3, -0.25) is 4.72 Å². The summed E-state index contributed by atoms with van der Waals surface area (Å²) in [4.78, 5) is 4.55. The van der Waals surface area contributed by atoms with Crippen LogP contribution in [0.1, 0.15) is 16.7 Å². The van der Waals surface area contributed by atoms with Crippen molar-refractivity contribution in [3.05, 3.63) is 77.5 Å². The molecule has 0 aliphatic carbocycles. The van der Waals surface area contributed by atoms with E-state index < -0.39 is 10.0 Å². The molecule has 0 unspecified atom stereocenters. The highest BCUT2D eigenvalue weighted by Crippen LogP contribution is 2.22. The molecule has 7 heteroatoms. The van der Waals surface area contributed by atoms with Gasteiger partial charge in [-0.2, -0.15) is 0 Å². The van der Waals surface area contributed by atoms with Crippen molar-refractivity contribution >= 4 is 21.5 Å². The number of anilines is 2. The van der Waals surface area contributed by atoms with Crippen molar-refractivity contribution in [1.82, 2.24) is 4.98 Å². The van der Waals surface area contributed by atoms with E-state index in [-0.39, 0.29) is 4.90 Å². The van der Waals surface area contributed by atoms with E-state index in [1.807, 2.05) is 37.3 Å². The molecule has 3 aromatic rings. The van der Waals surface area contributed by atoms with Gasteiger partial charge in [0.25, 0.3) is 10.0 Å². The van der Waals surface area contributed by atoms with Gasteiger partial charge in [0.1, 0.15) is 11.6 Å². The Morgan fingerprint density at radius 1 is 1.04 bits per heavy atom. The number of pyridine rings is 1. The average molecular weight is 398 g/mol. The maximum Gasteiger partial charge on any atom is 0.262 e.